The van der Waals surface area contributed by atoms with E-state index in [0.29, 0.717) is 10.7 Å². The van der Waals surface area contributed by atoms with Crippen LogP contribution in [-0.4, -0.2) is 35.5 Å². The van der Waals surface area contributed by atoms with Crippen LogP contribution in [0.4, 0.5) is 0 Å². The molecule has 0 bridgehead atoms. The maximum atomic E-state index is 12.2. The summed E-state index contributed by atoms with van der Waals surface area (Å²) in [6.45, 7) is 0.866. The van der Waals surface area contributed by atoms with Gasteiger partial charge in [-0.3, -0.25) is 4.79 Å². The van der Waals surface area contributed by atoms with Gasteiger partial charge in [0.15, 0.2) is 0 Å². The Morgan fingerprint density at radius 3 is 2.50 bits per heavy atom. The highest BCUT2D eigenvalue weighted by molar-refractivity contribution is 9.09. The van der Waals surface area contributed by atoms with Crippen molar-refractivity contribution in [2.45, 2.75) is 22.6 Å². The first-order valence-corrected chi connectivity index (χ1v) is 8.27. The van der Waals surface area contributed by atoms with Crippen molar-refractivity contribution in [1.82, 2.24) is 4.90 Å². The van der Waals surface area contributed by atoms with Gasteiger partial charge in [0.05, 0.1) is 0 Å². The van der Waals surface area contributed by atoms with Crippen LogP contribution in [0.5, 0.6) is 0 Å². The number of thioether (sulfide) groups is 1. The number of amides is 1. The van der Waals surface area contributed by atoms with Gasteiger partial charge >= 0.3 is 0 Å². The Bertz CT molecular complexity index is 414. The molecule has 0 radical (unpaired) electrons. The Morgan fingerprint density at radius 2 is 2.00 bits per heavy atom. The summed E-state index contributed by atoms with van der Waals surface area (Å²) >= 11 is 5.27. The molecule has 1 amide bonds. The lowest BCUT2D eigenvalue weighted by molar-refractivity contribution is 0.0748. The van der Waals surface area contributed by atoms with Crippen LogP contribution in [0.2, 0.25) is 0 Å². The van der Waals surface area contributed by atoms with Crippen molar-refractivity contribution in [2.75, 3.05) is 19.8 Å². The van der Waals surface area contributed by atoms with Crippen molar-refractivity contribution in [1.29, 1.82) is 0 Å². The zero-order chi connectivity index (χ0) is 13.1. The third-order valence-electron chi connectivity index (χ3n) is 3.39. The number of rotatable bonds is 4. The van der Waals surface area contributed by atoms with Crippen molar-refractivity contribution in [3.8, 4) is 0 Å². The van der Waals surface area contributed by atoms with Gasteiger partial charge in [-0.15, -0.1) is 11.8 Å². The third-order valence-corrected chi connectivity index (χ3v) is 4.89. The summed E-state index contributed by atoms with van der Waals surface area (Å²) in [5, 5.41) is 0. The van der Waals surface area contributed by atoms with Crippen molar-refractivity contribution < 1.29 is 4.79 Å². The molecule has 0 aliphatic heterocycles. The Balaban J connectivity index is 1.92. The van der Waals surface area contributed by atoms with E-state index < -0.39 is 0 Å². The number of hydrogen-bond donors (Lipinski definition) is 0. The molecule has 2 nitrogen and oxygen atoms in total. The van der Waals surface area contributed by atoms with Crippen LogP contribution in [0.3, 0.4) is 0 Å². The largest absolute Gasteiger partial charge is 0.341 e. The van der Waals surface area contributed by atoms with Crippen molar-refractivity contribution >= 4 is 33.6 Å². The van der Waals surface area contributed by atoms with Gasteiger partial charge < -0.3 is 4.90 Å². The van der Waals surface area contributed by atoms with E-state index in [0.717, 1.165) is 12.1 Å². The molecule has 0 saturated heterocycles. The van der Waals surface area contributed by atoms with Gasteiger partial charge in [-0.05, 0) is 49.3 Å². The summed E-state index contributed by atoms with van der Waals surface area (Å²) in [6, 6.07) is 7.84. The molecular formula is C14H18BrNOS. The fraction of sp³-hybridized carbons (Fsp3) is 0.500. The van der Waals surface area contributed by atoms with Crippen LogP contribution in [0.25, 0.3) is 0 Å². The Hall–Kier alpha value is -0.480. The molecule has 0 heterocycles. The molecule has 1 aliphatic rings. The second kappa shape index (κ2) is 6.11. The molecule has 4 heteroatoms. The Labute approximate surface area is 121 Å². The topological polar surface area (TPSA) is 20.3 Å². The average Bonchev–Trinajstić information content (AvgIpc) is 2.36. The molecule has 2 rings (SSSR count). The quantitative estimate of drug-likeness (QED) is 0.621. The number of carbonyl (C=O) groups excluding carboxylic acids is 1. The van der Waals surface area contributed by atoms with Gasteiger partial charge in [-0.2, -0.15) is 0 Å². The van der Waals surface area contributed by atoms with Crippen molar-refractivity contribution in [2.24, 2.45) is 5.92 Å². The number of nitrogens with zero attached hydrogens (tertiary/aromatic N) is 1. The molecule has 0 atom stereocenters. The molecule has 0 N–H and O–H groups in total. The summed E-state index contributed by atoms with van der Waals surface area (Å²) in [5.41, 5.74) is 0.782. The van der Waals surface area contributed by atoms with Gasteiger partial charge in [0, 0.05) is 28.9 Å². The normalized spacial score (nSPS) is 22.4. The molecule has 1 aromatic carbocycles. The van der Waals surface area contributed by atoms with Gasteiger partial charge in [-0.1, -0.05) is 15.9 Å². The number of benzene rings is 1. The summed E-state index contributed by atoms with van der Waals surface area (Å²) in [6.07, 6.45) is 4.41. The zero-order valence-electron chi connectivity index (χ0n) is 10.7. The van der Waals surface area contributed by atoms with Crippen LogP contribution in [0, 0.1) is 5.92 Å². The van der Waals surface area contributed by atoms with Crippen molar-refractivity contribution in [3.05, 3.63) is 29.8 Å². The fourth-order valence-corrected chi connectivity index (χ4v) is 3.69. The highest BCUT2D eigenvalue weighted by Gasteiger charge is 2.28. The first-order valence-electron chi connectivity index (χ1n) is 6.13. The molecular weight excluding hydrogens is 310 g/mol. The third kappa shape index (κ3) is 3.29. The summed E-state index contributed by atoms with van der Waals surface area (Å²) in [4.78, 5) is 15.9. The average molecular weight is 328 g/mol. The van der Waals surface area contributed by atoms with Gasteiger partial charge in [0.1, 0.15) is 0 Å². The van der Waals surface area contributed by atoms with Crippen LogP contribution in [0.15, 0.2) is 29.2 Å². The van der Waals surface area contributed by atoms with E-state index in [-0.39, 0.29) is 5.91 Å². The molecule has 1 saturated carbocycles. The van der Waals surface area contributed by atoms with Crippen molar-refractivity contribution in [3.63, 3.8) is 0 Å². The second-order valence-electron chi connectivity index (χ2n) is 4.85. The summed E-state index contributed by atoms with van der Waals surface area (Å²) in [7, 11) is 1.90. The zero-order valence-corrected chi connectivity index (χ0v) is 13.1. The Kier molecular flexibility index (Phi) is 4.73. The van der Waals surface area contributed by atoms with E-state index >= 15 is 0 Å². The van der Waals surface area contributed by atoms with E-state index in [4.69, 9.17) is 0 Å². The maximum Gasteiger partial charge on any atom is 0.253 e. The number of halogens is 1. The van der Waals surface area contributed by atoms with E-state index in [9.17, 15) is 4.79 Å². The molecule has 98 valence electrons. The minimum Gasteiger partial charge on any atom is -0.341 e. The van der Waals surface area contributed by atoms with Crippen LogP contribution >= 0.6 is 27.7 Å². The molecule has 1 aromatic rings. The minimum absolute atomic E-state index is 0.126. The predicted molar refractivity (Wildman–Crippen MR) is 80.6 cm³/mol. The lowest BCUT2D eigenvalue weighted by Gasteiger charge is -2.34. The van der Waals surface area contributed by atoms with Crippen LogP contribution in [0.1, 0.15) is 23.2 Å². The highest BCUT2D eigenvalue weighted by atomic mass is 79.9. The highest BCUT2D eigenvalue weighted by Crippen LogP contribution is 2.33. The molecule has 1 fully saturated rings. The SMILES string of the molecule is CSc1ccc(C(=O)N(C)CC2CC(Br)C2)cc1. The van der Waals surface area contributed by atoms with E-state index in [1.165, 1.54) is 17.7 Å². The smallest absolute Gasteiger partial charge is 0.253 e. The van der Waals surface area contributed by atoms with Gasteiger partial charge in [-0.25, -0.2) is 0 Å². The first kappa shape index (κ1) is 13.9. The molecule has 1 aliphatic carbocycles. The number of alkyl halides is 1. The summed E-state index contributed by atoms with van der Waals surface area (Å²) < 4.78 is 0. The maximum absolute atomic E-state index is 12.2. The van der Waals surface area contributed by atoms with Gasteiger partial charge in [0.2, 0.25) is 0 Å². The standard InChI is InChI=1S/C14H18BrNOS/c1-16(9-10-7-12(15)8-10)14(17)11-3-5-13(18-2)6-4-11/h3-6,10,12H,7-9H2,1-2H3. The first-order chi connectivity index (χ1) is 8.60. The lowest BCUT2D eigenvalue weighted by atomic mass is 9.85. The molecule has 0 spiro atoms. The van der Waals surface area contributed by atoms with E-state index in [1.807, 2.05) is 42.5 Å². The van der Waals surface area contributed by atoms with Crippen LogP contribution in [-0.2, 0) is 0 Å². The minimum atomic E-state index is 0.126. The van der Waals surface area contributed by atoms with E-state index in [2.05, 4.69) is 15.9 Å². The lowest BCUT2D eigenvalue weighted by Crippen LogP contribution is -2.37. The molecule has 0 aromatic heterocycles. The fourth-order valence-electron chi connectivity index (χ4n) is 2.23. The van der Waals surface area contributed by atoms with Gasteiger partial charge in [0.25, 0.3) is 5.91 Å². The van der Waals surface area contributed by atoms with Crippen LogP contribution < -0.4 is 0 Å². The monoisotopic (exact) mass is 327 g/mol. The summed E-state index contributed by atoms with van der Waals surface area (Å²) in [5.74, 6) is 0.787. The Morgan fingerprint density at radius 1 is 1.39 bits per heavy atom. The second-order valence-corrected chi connectivity index (χ2v) is 7.02. The number of hydrogen-bond acceptors (Lipinski definition) is 2. The van der Waals surface area contributed by atoms with E-state index in [1.54, 1.807) is 11.8 Å². The molecule has 18 heavy (non-hydrogen) atoms. The number of carbonyl (C=O) groups is 1. The molecule has 0 unspecified atom stereocenters. The predicted octanol–water partition coefficient (Wildman–Crippen LogP) is 3.65.